The summed E-state index contributed by atoms with van der Waals surface area (Å²) >= 11 is 0. The number of hydrogen-bond donors (Lipinski definition) is 1. The lowest BCUT2D eigenvalue weighted by atomic mass is 10.2. The van der Waals surface area contributed by atoms with Crippen LogP contribution in [0.5, 0.6) is 0 Å². The number of benzene rings is 1. The van der Waals surface area contributed by atoms with Gasteiger partial charge in [0.1, 0.15) is 0 Å². The molecule has 0 radical (unpaired) electrons. The van der Waals surface area contributed by atoms with E-state index < -0.39 is 0 Å². The molecule has 2 heterocycles. The Labute approximate surface area is 124 Å². The minimum Gasteiger partial charge on any atom is -0.338 e. The minimum atomic E-state index is -0.0185. The van der Waals surface area contributed by atoms with E-state index in [1.165, 1.54) is 0 Å². The monoisotopic (exact) mass is 287 g/mol. The van der Waals surface area contributed by atoms with Crippen molar-refractivity contribution in [2.45, 2.75) is 32.2 Å². The zero-order chi connectivity index (χ0) is 14.7. The predicted molar refractivity (Wildman–Crippen MR) is 80.9 cm³/mol. The van der Waals surface area contributed by atoms with Gasteiger partial charge in [0.2, 0.25) is 5.91 Å². The standard InChI is InChI=1S/C16H21N3O2/c20-15-4-3-11-19(15)12-13-5-7-14(8-6-13)17-16(21)18-9-1-2-10-18/h5-8H,1-4,9-12H2,(H,17,21). The lowest BCUT2D eigenvalue weighted by molar-refractivity contribution is -0.128. The van der Waals surface area contributed by atoms with Gasteiger partial charge in [-0.15, -0.1) is 0 Å². The number of likely N-dealkylation sites (tertiary alicyclic amines) is 2. The van der Waals surface area contributed by atoms with Crippen molar-refractivity contribution in [2.75, 3.05) is 25.0 Å². The van der Waals surface area contributed by atoms with Gasteiger partial charge in [0.15, 0.2) is 0 Å². The third-order valence-electron chi connectivity index (χ3n) is 4.14. The Kier molecular flexibility index (Phi) is 4.08. The zero-order valence-electron chi connectivity index (χ0n) is 12.2. The molecule has 0 bridgehead atoms. The Balaban J connectivity index is 1.56. The predicted octanol–water partition coefficient (Wildman–Crippen LogP) is 2.44. The molecule has 112 valence electrons. The lowest BCUT2D eigenvalue weighted by Crippen LogP contribution is -2.32. The molecule has 2 aliphatic heterocycles. The molecular weight excluding hydrogens is 266 g/mol. The summed E-state index contributed by atoms with van der Waals surface area (Å²) in [4.78, 5) is 27.3. The van der Waals surface area contributed by atoms with Gasteiger partial charge >= 0.3 is 6.03 Å². The number of carbonyl (C=O) groups excluding carboxylic acids is 2. The third-order valence-corrected chi connectivity index (χ3v) is 4.14. The maximum atomic E-state index is 12.0. The second kappa shape index (κ2) is 6.16. The van der Waals surface area contributed by atoms with Gasteiger partial charge in [0, 0.05) is 38.3 Å². The van der Waals surface area contributed by atoms with E-state index in [-0.39, 0.29) is 11.9 Å². The summed E-state index contributed by atoms with van der Waals surface area (Å²) < 4.78 is 0. The van der Waals surface area contributed by atoms with Crippen LogP contribution in [0.1, 0.15) is 31.2 Å². The number of carbonyl (C=O) groups is 2. The van der Waals surface area contributed by atoms with Gasteiger partial charge in [-0.3, -0.25) is 4.79 Å². The van der Waals surface area contributed by atoms with Crippen molar-refractivity contribution in [1.29, 1.82) is 0 Å². The highest BCUT2D eigenvalue weighted by atomic mass is 16.2. The highest BCUT2D eigenvalue weighted by molar-refractivity contribution is 5.89. The summed E-state index contributed by atoms with van der Waals surface area (Å²) in [5, 5.41) is 2.92. The second-order valence-corrected chi connectivity index (χ2v) is 5.74. The van der Waals surface area contributed by atoms with E-state index in [9.17, 15) is 9.59 Å². The molecule has 1 aromatic rings. The SMILES string of the molecule is O=C1CCCN1Cc1ccc(NC(=O)N2CCCC2)cc1. The van der Waals surface area contributed by atoms with Crippen molar-refractivity contribution in [3.63, 3.8) is 0 Å². The summed E-state index contributed by atoms with van der Waals surface area (Å²) in [6.45, 7) is 3.22. The molecule has 0 atom stereocenters. The first-order valence-electron chi connectivity index (χ1n) is 7.65. The van der Waals surface area contributed by atoms with E-state index >= 15 is 0 Å². The van der Waals surface area contributed by atoms with E-state index in [1.54, 1.807) is 0 Å². The van der Waals surface area contributed by atoms with E-state index in [0.717, 1.165) is 50.1 Å². The molecule has 1 aromatic carbocycles. The molecule has 5 nitrogen and oxygen atoms in total. The summed E-state index contributed by atoms with van der Waals surface area (Å²) in [7, 11) is 0. The first-order valence-corrected chi connectivity index (χ1v) is 7.65. The van der Waals surface area contributed by atoms with Crippen LogP contribution in [0, 0.1) is 0 Å². The van der Waals surface area contributed by atoms with E-state index in [1.807, 2.05) is 34.1 Å². The fourth-order valence-corrected chi connectivity index (χ4v) is 2.91. The van der Waals surface area contributed by atoms with Crippen LogP contribution in [0.3, 0.4) is 0 Å². The number of amides is 3. The first kappa shape index (κ1) is 13.9. The lowest BCUT2D eigenvalue weighted by Gasteiger charge is -2.17. The fraction of sp³-hybridized carbons (Fsp3) is 0.500. The van der Waals surface area contributed by atoms with Crippen LogP contribution in [0.15, 0.2) is 24.3 Å². The van der Waals surface area contributed by atoms with Crippen molar-refractivity contribution in [3.8, 4) is 0 Å². The topological polar surface area (TPSA) is 52.7 Å². The molecular formula is C16H21N3O2. The minimum absolute atomic E-state index is 0.0185. The quantitative estimate of drug-likeness (QED) is 0.928. The van der Waals surface area contributed by atoms with Gasteiger partial charge in [-0.2, -0.15) is 0 Å². The Bertz CT molecular complexity index is 521. The second-order valence-electron chi connectivity index (χ2n) is 5.74. The van der Waals surface area contributed by atoms with Gasteiger partial charge in [-0.05, 0) is 37.0 Å². The van der Waals surface area contributed by atoms with Crippen LogP contribution in [0.25, 0.3) is 0 Å². The molecule has 0 aromatic heterocycles. The van der Waals surface area contributed by atoms with E-state index in [0.29, 0.717) is 13.0 Å². The van der Waals surface area contributed by atoms with Crippen LogP contribution >= 0.6 is 0 Å². The van der Waals surface area contributed by atoms with Crippen molar-refractivity contribution < 1.29 is 9.59 Å². The number of hydrogen-bond acceptors (Lipinski definition) is 2. The molecule has 3 rings (SSSR count). The highest BCUT2D eigenvalue weighted by Crippen LogP contribution is 2.17. The number of nitrogens with zero attached hydrogens (tertiary/aromatic N) is 2. The number of nitrogens with one attached hydrogen (secondary N) is 1. The number of rotatable bonds is 3. The molecule has 3 amide bonds. The average molecular weight is 287 g/mol. The number of anilines is 1. The third kappa shape index (κ3) is 3.35. The molecule has 2 saturated heterocycles. The van der Waals surface area contributed by atoms with E-state index in [4.69, 9.17) is 0 Å². The van der Waals surface area contributed by atoms with Crippen LogP contribution in [-0.2, 0) is 11.3 Å². The maximum absolute atomic E-state index is 12.0. The zero-order valence-corrected chi connectivity index (χ0v) is 12.2. The Hall–Kier alpha value is -2.04. The van der Waals surface area contributed by atoms with Crippen molar-refractivity contribution >= 4 is 17.6 Å². The van der Waals surface area contributed by atoms with Gasteiger partial charge in [0.25, 0.3) is 0 Å². The van der Waals surface area contributed by atoms with Gasteiger partial charge in [-0.1, -0.05) is 12.1 Å². The summed E-state index contributed by atoms with van der Waals surface area (Å²) in [6, 6.07) is 7.75. The Morgan fingerprint density at radius 3 is 2.38 bits per heavy atom. The fourth-order valence-electron chi connectivity index (χ4n) is 2.91. The first-order chi connectivity index (χ1) is 10.2. The molecule has 21 heavy (non-hydrogen) atoms. The molecule has 1 N–H and O–H groups in total. The molecule has 2 aliphatic rings. The van der Waals surface area contributed by atoms with E-state index in [2.05, 4.69) is 5.32 Å². The van der Waals surface area contributed by atoms with Crippen molar-refractivity contribution in [1.82, 2.24) is 9.80 Å². The smallest absolute Gasteiger partial charge is 0.321 e. The van der Waals surface area contributed by atoms with Crippen molar-refractivity contribution in [2.24, 2.45) is 0 Å². The van der Waals surface area contributed by atoms with Crippen LogP contribution < -0.4 is 5.32 Å². The van der Waals surface area contributed by atoms with Crippen LogP contribution in [0.2, 0.25) is 0 Å². The van der Waals surface area contributed by atoms with Gasteiger partial charge in [-0.25, -0.2) is 4.79 Å². The largest absolute Gasteiger partial charge is 0.338 e. The van der Waals surface area contributed by atoms with Crippen LogP contribution in [-0.4, -0.2) is 41.4 Å². The Morgan fingerprint density at radius 2 is 1.76 bits per heavy atom. The highest BCUT2D eigenvalue weighted by Gasteiger charge is 2.20. The summed E-state index contributed by atoms with van der Waals surface area (Å²) in [5.74, 6) is 0.237. The summed E-state index contributed by atoms with van der Waals surface area (Å²) in [5.41, 5.74) is 1.91. The van der Waals surface area contributed by atoms with Crippen molar-refractivity contribution in [3.05, 3.63) is 29.8 Å². The molecule has 0 aliphatic carbocycles. The molecule has 5 heteroatoms. The Morgan fingerprint density at radius 1 is 1.05 bits per heavy atom. The molecule has 2 fully saturated rings. The normalized spacial score (nSPS) is 18.4. The molecule has 0 unspecified atom stereocenters. The molecule has 0 saturated carbocycles. The number of urea groups is 1. The van der Waals surface area contributed by atoms with Crippen LogP contribution in [0.4, 0.5) is 10.5 Å². The molecule has 0 spiro atoms. The maximum Gasteiger partial charge on any atom is 0.321 e. The average Bonchev–Trinajstić information content (AvgIpc) is 3.14. The van der Waals surface area contributed by atoms with Gasteiger partial charge < -0.3 is 15.1 Å². The summed E-state index contributed by atoms with van der Waals surface area (Å²) in [6.07, 6.45) is 3.82. The van der Waals surface area contributed by atoms with Gasteiger partial charge in [0.05, 0.1) is 0 Å².